The van der Waals surface area contributed by atoms with Crippen LogP contribution in [0, 0.1) is 5.92 Å². The standard InChI is InChI=1S/C8H18O3/c1-4-11-8(9)6-10-5-7(2)3/h7-9H,4-6H2,1-3H3. The van der Waals surface area contributed by atoms with Gasteiger partial charge in [-0.25, -0.2) is 0 Å². The van der Waals surface area contributed by atoms with Gasteiger partial charge in [0.15, 0.2) is 6.29 Å². The first-order chi connectivity index (χ1) is 5.16. The molecule has 3 heteroatoms. The lowest BCUT2D eigenvalue weighted by Crippen LogP contribution is -2.20. The van der Waals surface area contributed by atoms with Gasteiger partial charge in [-0.1, -0.05) is 13.8 Å². The Labute approximate surface area is 68.3 Å². The first-order valence-electron chi connectivity index (χ1n) is 4.04. The second kappa shape index (κ2) is 6.58. The fraction of sp³-hybridized carbons (Fsp3) is 1.00. The second-order valence-corrected chi connectivity index (χ2v) is 2.84. The van der Waals surface area contributed by atoms with E-state index in [2.05, 4.69) is 13.8 Å². The summed E-state index contributed by atoms with van der Waals surface area (Å²) in [5.41, 5.74) is 0. The molecule has 1 unspecified atom stereocenters. The normalized spacial score (nSPS) is 13.9. The van der Waals surface area contributed by atoms with Gasteiger partial charge in [0, 0.05) is 13.2 Å². The summed E-state index contributed by atoms with van der Waals surface area (Å²) in [4.78, 5) is 0. The lowest BCUT2D eigenvalue weighted by Gasteiger charge is -2.11. The maximum Gasteiger partial charge on any atom is 0.178 e. The van der Waals surface area contributed by atoms with E-state index in [1.54, 1.807) is 0 Å². The van der Waals surface area contributed by atoms with Crippen LogP contribution in [0.15, 0.2) is 0 Å². The molecule has 0 aromatic rings. The Morgan fingerprint density at radius 1 is 1.27 bits per heavy atom. The third-order valence-corrected chi connectivity index (χ3v) is 1.07. The summed E-state index contributed by atoms with van der Waals surface area (Å²) in [6, 6.07) is 0. The summed E-state index contributed by atoms with van der Waals surface area (Å²) < 4.78 is 9.99. The summed E-state index contributed by atoms with van der Waals surface area (Å²) >= 11 is 0. The molecule has 0 rings (SSSR count). The second-order valence-electron chi connectivity index (χ2n) is 2.84. The van der Waals surface area contributed by atoms with Gasteiger partial charge in [0.1, 0.15) is 0 Å². The minimum Gasteiger partial charge on any atom is -0.376 e. The highest BCUT2D eigenvalue weighted by Crippen LogP contribution is 1.94. The Balaban J connectivity index is 3.10. The smallest absolute Gasteiger partial charge is 0.178 e. The predicted molar refractivity (Wildman–Crippen MR) is 43.3 cm³/mol. The van der Waals surface area contributed by atoms with Crippen molar-refractivity contribution in [2.24, 2.45) is 5.92 Å². The molecular weight excluding hydrogens is 144 g/mol. The number of aliphatic hydroxyl groups excluding tert-OH is 1. The quantitative estimate of drug-likeness (QED) is 0.592. The van der Waals surface area contributed by atoms with E-state index >= 15 is 0 Å². The van der Waals surface area contributed by atoms with Crippen molar-refractivity contribution < 1.29 is 14.6 Å². The number of ether oxygens (including phenoxy) is 2. The van der Waals surface area contributed by atoms with Crippen molar-refractivity contribution in [3.8, 4) is 0 Å². The van der Waals surface area contributed by atoms with Gasteiger partial charge in [-0.15, -0.1) is 0 Å². The Kier molecular flexibility index (Phi) is 6.51. The third-order valence-electron chi connectivity index (χ3n) is 1.07. The first kappa shape index (κ1) is 10.9. The summed E-state index contributed by atoms with van der Waals surface area (Å²) in [6.07, 6.45) is -0.765. The van der Waals surface area contributed by atoms with Crippen LogP contribution in [0.3, 0.4) is 0 Å². The average Bonchev–Trinajstić information content (AvgIpc) is 1.87. The van der Waals surface area contributed by atoms with Crippen LogP contribution in [0.5, 0.6) is 0 Å². The molecule has 0 saturated heterocycles. The molecule has 0 spiro atoms. The molecule has 0 aromatic heterocycles. The fourth-order valence-electron chi connectivity index (χ4n) is 0.645. The van der Waals surface area contributed by atoms with E-state index in [4.69, 9.17) is 14.6 Å². The fourth-order valence-corrected chi connectivity index (χ4v) is 0.645. The van der Waals surface area contributed by atoms with Crippen molar-refractivity contribution >= 4 is 0 Å². The molecule has 0 aromatic carbocycles. The molecule has 1 atom stereocenters. The lowest BCUT2D eigenvalue weighted by atomic mass is 10.2. The van der Waals surface area contributed by atoms with Crippen molar-refractivity contribution in [3.05, 3.63) is 0 Å². The zero-order valence-corrected chi connectivity index (χ0v) is 7.54. The van der Waals surface area contributed by atoms with Gasteiger partial charge in [-0.3, -0.25) is 0 Å². The highest BCUT2D eigenvalue weighted by atomic mass is 16.6. The summed E-state index contributed by atoms with van der Waals surface area (Å²) in [5, 5.41) is 9.01. The SMILES string of the molecule is CCOC(O)COCC(C)C. The minimum absolute atomic E-state index is 0.270. The number of rotatable bonds is 6. The van der Waals surface area contributed by atoms with E-state index in [1.165, 1.54) is 0 Å². The van der Waals surface area contributed by atoms with Gasteiger partial charge in [-0.05, 0) is 12.8 Å². The molecular formula is C8H18O3. The zero-order valence-electron chi connectivity index (χ0n) is 7.54. The summed E-state index contributed by atoms with van der Waals surface area (Å²) in [7, 11) is 0. The van der Waals surface area contributed by atoms with Crippen molar-refractivity contribution in [1.29, 1.82) is 0 Å². The van der Waals surface area contributed by atoms with Crippen LogP contribution in [0.4, 0.5) is 0 Å². The molecule has 0 bridgehead atoms. The molecule has 0 aliphatic heterocycles. The number of hydrogen-bond acceptors (Lipinski definition) is 3. The largest absolute Gasteiger partial charge is 0.376 e. The Morgan fingerprint density at radius 2 is 1.91 bits per heavy atom. The van der Waals surface area contributed by atoms with E-state index in [1.807, 2.05) is 6.92 Å². The summed E-state index contributed by atoms with van der Waals surface area (Å²) in [6.45, 7) is 7.42. The van der Waals surface area contributed by atoms with E-state index in [0.29, 0.717) is 19.1 Å². The molecule has 0 aliphatic rings. The van der Waals surface area contributed by atoms with Gasteiger partial charge in [0.05, 0.1) is 6.61 Å². The van der Waals surface area contributed by atoms with Crippen LogP contribution in [0.1, 0.15) is 20.8 Å². The van der Waals surface area contributed by atoms with Crippen molar-refractivity contribution in [2.75, 3.05) is 19.8 Å². The maximum atomic E-state index is 9.01. The van der Waals surface area contributed by atoms with Crippen molar-refractivity contribution in [3.63, 3.8) is 0 Å². The zero-order chi connectivity index (χ0) is 8.69. The molecule has 0 heterocycles. The minimum atomic E-state index is -0.765. The van der Waals surface area contributed by atoms with Gasteiger partial charge in [0.25, 0.3) is 0 Å². The van der Waals surface area contributed by atoms with Gasteiger partial charge >= 0.3 is 0 Å². The molecule has 0 fully saturated rings. The molecule has 11 heavy (non-hydrogen) atoms. The topological polar surface area (TPSA) is 38.7 Å². The third kappa shape index (κ3) is 7.78. The molecule has 68 valence electrons. The van der Waals surface area contributed by atoms with Crippen LogP contribution in [0.25, 0.3) is 0 Å². The highest BCUT2D eigenvalue weighted by molar-refractivity contribution is 4.41. The van der Waals surface area contributed by atoms with Crippen molar-refractivity contribution in [2.45, 2.75) is 27.1 Å². The lowest BCUT2D eigenvalue weighted by molar-refractivity contribution is -0.136. The Hall–Kier alpha value is -0.120. The van der Waals surface area contributed by atoms with E-state index in [0.717, 1.165) is 0 Å². The Bertz CT molecular complexity index is 83.4. The maximum absolute atomic E-state index is 9.01. The average molecular weight is 162 g/mol. The molecule has 1 N–H and O–H groups in total. The monoisotopic (exact) mass is 162 g/mol. The van der Waals surface area contributed by atoms with Gasteiger partial charge in [0.2, 0.25) is 0 Å². The highest BCUT2D eigenvalue weighted by Gasteiger charge is 2.02. The Morgan fingerprint density at radius 3 is 2.36 bits per heavy atom. The van der Waals surface area contributed by atoms with Crippen LogP contribution in [-0.2, 0) is 9.47 Å². The summed E-state index contributed by atoms with van der Waals surface area (Å²) in [5.74, 6) is 0.504. The van der Waals surface area contributed by atoms with E-state index in [9.17, 15) is 0 Å². The van der Waals surface area contributed by atoms with Crippen LogP contribution >= 0.6 is 0 Å². The van der Waals surface area contributed by atoms with Crippen LogP contribution < -0.4 is 0 Å². The predicted octanol–water partition coefficient (Wildman–Crippen LogP) is 1.01. The van der Waals surface area contributed by atoms with E-state index < -0.39 is 6.29 Å². The van der Waals surface area contributed by atoms with Gasteiger partial charge < -0.3 is 14.6 Å². The molecule has 0 amide bonds. The molecule has 0 radical (unpaired) electrons. The first-order valence-corrected chi connectivity index (χ1v) is 4.04. The molecule has 0 saturated carbocycles. The van der Waals surface area contributed by atoms with Crippen molar-refractivity contribution in [1.82, 2.24) is 0 Å². The van der Waals surface area contributed by atoms with Crippen LogP contribution in [-0.4, -0.2) is 31.2 Å². The molecule has 3 nitrogen and oxygen atoms in total. The molecule has 0 aliphatic carbocycles. The number of hydrogen-bond donors (Lipinski definition) is 1. The van der Waals surface area contributed by atoms with Crippen LogP contribution in [0.2, 0.25) is 0 Å². The van der Waals surface area contributed by atoms with Gasteiger partial charge in [-0.2, -0.15) is 0 Å². The van der Waals surface area contributed by atoms with E-state index in [-0.39, 0.29) is 6.61 Å². The number of aliphatic hydroxyl groups is 1.